The first-order chi connectivity index (χ1) is 10.0. The first kappa shape index (κ1) is 18.8. The van der Waals surface area contributed by atoms with E-state index in [1.807, 2.05) is 34.6 Å². The summed E-state index contributed by atoms with van der Waals surface area (Å²) in [6, 6.07) is -0.238. The molecule has 0 saturated carbocycles. The van der Waals surface area contributed by atoms with Gasteiger partial charge in [0.05, 0.1) is 11.6 Å². The summed E-state index contributed by atoms with van der Waals surface area (Å²) in [5, 5.41) is 10.8. The lowest BCUT2D eigenvalue weighted by Crippen LogP contribution is -2.56. The second-order valence-electron chi connectivity index (χ2n) is 7.70. The molecule has 22 heavy (non-hydrogen) atoms. The summed E-state index contributed by atoms with van der Waals surface area (Å²) >= 11 is 0. The van der Waals surface area contributed by atoms with Crippen molar-refractivity contribution in [2.24, 2.45) is 5.92 Å². The van der Waals surface area contributed by atoms with Crippen LogP contribution in [0.5, 0.6) is 0 Å². The maximum atomic E-state index is 12.4. The number of likely N-dealkylation sites (tertiary alicyclic amines) is 1. The molecule has 0 aromatic rings. The van der Waals surface area contributed by atoms with Crippen LogP contribution in [0.1, 0.15) is 67.2 Å². The third-order valence-corrected chi connectivity index (χ3v) is 3.69. The molecule has 1 heterocycles. The Bertz CT molecular complexity index is 437. The van der Waals surface area contributed by atoms with Gasteiger partial charge in [0.15, 0.2) is 0 Å². The van der Waals surface area contributed by atoms with Crippen molar-refractivity contribution in [2.45, 2.75) is 84.5 Å². The van der Waals surface area contributed by atoms with Gasteiger partial charge >= 0.3 is 6.09 Å². The van der Waals surface area contributed by atoms with Crippen LogP contribution >= 0.6 is 0 Å². The molecule has 1 amide bonds. The maximum absolute atomic E-state index is 12.4. The van der Waals surface area contributed by atoms with Crippen molar-refractivity contribution in [3.63, 3.8) is 0 Å². The second-order valence-corrected chi connectivity index (χ2v) is 7.70. The fourth-order valence-electron chi connectivity index (χ4n) is 2.67. The Balaban J connectivity index is 2.84. The molecule has 0 aliphatic carbocycles. The van der Waals surface area contributed by atoms with Crippen molar-refractivity contribution in [1.82, 2.24) is 4.90 Å². The molecule has 1 rings (SSSR count). The number of aliphatic hydroxyl groups is 1. The number of piperidine rings is 1. The second kappa shape index (κ2) is 7.37. The van der Waals surface area contributed by atoms with Crippen molar-refractivity contribution < 1.29 is 14.6 Å². The van der Waals surface area contributed by atoms with Gasteiger partial charge in [-0.1, -0.05) is 19.8 Å². The van der Waals surface area contributed by atoms with Gasteiger partial charge < -0.3 is 14.7 Å². The summed E-state index contributed by atoms with van der Waals surface area (Å²) in [5.74, 6) is 6.41. The zero-order chi connectivity index (χ0) is 17.0. The summed E-state index contributed by atoms with van der Waals surface area (Å²) in [6.07, 6.45) is 2.78. The minimum atomic E-state index is -1.01. The van der Waals surface area contributed by atoms with Crippen LogP contribution < -0.4 is 0 Å². The topological polar surface area (TPSA) is 49.8 Å². The Kier molecular flexibility index (Phi) is 6.31. The van der Waals surface area contributed by atoms with Crippen LogP contribution in [0, 0.1) is 17.8 Å². The van der Waals surface area contributed by atoms with Gasteiger partial charge in [-0.25, -0.2) is 4.79 Å². The summed E-state index contributed by atoms with van der Waals surface area (Å²) in [4.78, 5) is 14.1. The van der Waals surface area contributed by atoms with Crippen LogP contribution in [-0.4, -0.2) is 39.9 Å². The molecule has 4 nitrogen and oxygen atoms in total. The zero-order valence-corrected chi connectivity index (χ0v) is 14.9. The summed E-state index contributed by atoms with van der Waals surface area (Å²) in [7, 11) is 0. The van der Waals surface area contributed by atoms with Crippen LogP contribution in [0.15, 0.2) is 0 Å². The van der Waals surface area contributed by atoms with Gasteiger partial charge in [-0.3, -0.25) is 0 Å². The molecule has 0 radical (unpaired) electrons. The lowest BCUT2D eigenvalue weighted by Gasteiger charge is -2.43. The van der Waals surface area contributed by atoms with Crippen molar-refractivity contribution >= 4 is 6.09 Å². The van der Waals surface area contributed by atoms with Crippen LogP contribution in [0.25, 0.3) is 0 Å². The minimum Gasteiger partial charge on any atom is -0.444 e. The van der Waals surface area contributed by atoms with Gasteiger partial charge in [0.2, 0.25) is 0 Å². The van der Waals surface area contributed by atoms with Crippen molar-refractivity contribution in [2.75, 3.05) is 6.54 Å². The molecular weight excluding hydrogens is 278 g/mol. The number of carbonyl (C=O) groups is 1. The van der Waals surface area contributed by atoms with E-state index in [1.54, 1.807) is 11.8 Å². The number of amides is 1. The Morgan fingerprint density at radius 2 is 1.95 bits per heavy atom. The molecule has 0 aromatic carbocycles. The molecule has 4 heteroatoms. The molecule has 1 aliphatic heterocycles. The van der Waals surface area contributed by atoms with Crippen molar-refractivity contribution in [3.05, 3.63) is 0 Å². The van der Waals surface area contributed by atoms with E-state index in [4.69, 9.17) is 4.74 Å². The van der Waals surface area contributed by atoms with Crippen LogP contribution in [-0.2, 0) is 4.74 Å². The number of carbonyl (C=O) groups excluding carboxylic acids is 1. The lowest BCUT2D eigenvalue weighted by atomic mass is 9.85. The molecule has 1 fully saturated rings. The Morgan fingerprint density at radius 3 is 2.50 bits per heavy atom. The largest absolute Gasteiger partial charge is 0.444 e. The normalized spacial score (nSPS) is 21.8. The van der Waals surface area contributed by atoms with Gasteiger partial charge in [-0.05, 0) is 47.0 Å². The van der Waals surface area contributed by atoms with Gasteiger partial charge in [-0.2, -0.15) is 0 Å². The first-order valence-corrected chi connectivity index (χ1v) is 8.23. The smallest absolute Gasteiger partial charge is 0.410 e. The quantitative estimate of drug-likeness (QED) is 0.793. The number of nitrogens with zero attached hydrogens (tertiary/aromatic N) is 1. The first-order valence-electron chi connectivity index (χ1n) is 8.23. The molecule has 1 aliphatic rings. The molecule has 0 aromatic heterocycles. The minimum absolute atomic E-state index is 0.238. The van der Waals surface area contributed by atoms with Crippen molar-refractivity contribution in [3.8, 4) is 11.8 Å². The molecular formula is C18H31NO3. The van der Waals surface area contributed by atoms with Gasteiger partial charge in [0.1, 0.15) is 5.60 Å². The lowest BCUT2D eigenvalue weighted by molar-refractivity contribution is -0.0562. The van der Waals surface area contributed by atoms with Gasteiger partial charge in [-0.15, -0.1) is 5.92 Å². The molecule has 1 N–H and O–H groups in total. The summed E-state index contributed by atoms with van der Waals surface area (Å²) in [6.45, 7) is 12.0. The standard InChI is InChI=1S/C18H31NO3/c1-14(2)10-9-12-18(6,21)15-11-7-8-13-19(15)16(20)22-17(3,4)5/h14-15,21H,7-8,11-13H2,1-6H3/t15-,18-/m0/s1. The molecule has 126 valence electrons. The highest BCUT2D eigenvalue weighted by Gasteiger charge is 2.41. The predicted molar refractivity (Wildman–Crippen MR) is 88.4 cm³/mol. The van der Waals surface area contributed by atoms with E-state index in [9.17, 15) is 9.90 Å². The summed E-state index contributed by atoms with van der Waals surface area (Å²) in [5.41, 5.74) is -1.54. The highest BCUT2D eigenvalue weighted by molar-refractivity contribution is 5.69. The molecule has 0 bridgehead atoms. The number of hydrogen-bond acceptors (Lipinski definition) is 3. The maximum Gasteiger partial charge on any atom is 0.410 e. The van der Waals surface area contributed by atoms with Gasteiger partial charge in [0.25, 0.3) is 0 Å². The van der Waals surface area contributed by atoms with E-state index in [0.717, 1.165) is 19.3 Å². The van der Waals surface area contributed by atoms with E-state index in [2.05, 4.69) is 11.8 Å². The highest BCUT2D eigenvalue weighted by Crippen LogP contribution is 2.29. The van der Waals surface area contributed by atoms with Crippen LogP contribution in [0.3, 0.4) is 0 Å². The zero-order valence-electron chi connectivity index (χ0n) is 14.9. The van der Waals surface area contributed by atoms with Crippen LogP contribution in [0.2, 0.25) is 0 Å². The highest BCUT2D eigenvalue weighted by atomic mass is 16.6. The van der Waals surface area contributed by atoms with E-state index >= 15 is 0 Å². The third kappa shape index (κ3) is 5.88. The van der Waals surface area contributed by atoms with E-state index in [-0.39, 0.29) is 18.1 Å². The molecule has 0 unspecified atom stereocenters. The Morgan fingerprint density at radius 1 is 1.32 bits per heavy atom. The van der Waals surface area contributed by atoms with E-state index < -0.39 is 11.2 Å². The van der Waals surface area contributed by atoms with E-state index in [1.165, 1.54) is 0 Å². The molecule has 1 saturated heterocycles. The Hall–Kier alpha value is -1.21. The van der Waals surface area contributed by atoms with E-state index in [0.29, 0.717) is 13.0 Å². The van der Waals surface area contributed by atoms with Crippen molar-refractivity contribution in [1.29, 1.82) is 0 Å². The fourth-order valence-corrected chi connectivity index (χ4v) is 2.67. The monoisotopic (exact) mass is 309 g/mol. The average molecular weight is 309 g/mol. The fraction of sp³-hybridized carbons (Fsp3) is 0.833. The third-order valence-electron chi connectivity index (χ3n) is 3.69. The Labute approximate surface area is 135 Å². The van der Waals surface area contributed by atoms with Crippen LogP contribution in [0.4, 0.5) is 4.79 Å². The number of rotatable bonds is 2. The predicted octanol–water partition coefficient (Wildman–Crippen LogP) is 3.58. The molecule has 0 spiro atoms. The SMILES string of the molecule is CC(C)C#CC[C@](C)(O)[C@@H]1CCCCN1C(=O)OC(C)(C)C. The van der Waals surface area contributed by atoms with Gasteiger partial charge in [0, 0.05) is 18.9 Å². The number of hydrogen-bond donors (Lipinski definition) is 1. The average Bonchev–Trinajstić information content (AvgIpc) is 2.36. The number of ether oxygens (including phenoxy) is 1. The molecule has 2 atom stereocenters. The summed E-state index contributed by atoms with van der Waals surface area (Å²) < 4.78 is 5.49.